The lowest BCUT2D eigenvalue weighted by Crippen LogP contribution is -2.28. The van der Waals surface area contributed by atoms with Crippen molar-refractivity contribution >= 4 is 15.9 Å². The molecule has 0 heterocycles. The molecule has 1 atom stereocenters. The van der Waals surface area contributed by atoms with Crippen LogP contribution in [-0.2, 0) is 0 Å². The van der Waals surface area contributed by atoms with Gasteiger partial charge in [0, 0.05) is 6.54 Å². The first-order valence-electron chi connectivity index (χ1n) is 4.96. The van der Waals surface area contributed by atoms with Crippen molar-refractivity contribution in [3.05, 3.63) is 28.5 Å². The zero-order valence-electron chi connectivity index (χ0n) is 8.89. The number of halogens is 2. The van der Waals surface area contributed by atoms with Gasteiger partial charge in [0.2, 0.25) is 0 Å². The zero-order chi connectivity index (χ0) is 11.3. The van der Waals surface area contributed by atoms with Crippen LogP contribution >= 0.6 is 15.9 Å². The minimum absolute atomic E-state index is 0.0618. The fraction of sp³-hybridized carbons (Fsp3) is 0.455. The van der Waals surface area contributed by atoms with Gasteiger partial charge in [0.1, 0.15) is 17.7 Å². The number of nitrogens with one attached hydrogen (secondary N) is 1. The summed E-state index contributed by atoms with van der Waals surface area (Å²) in [7, 11) is 0. The van der Waals surface area contributed by atoms with Gasteiger partial charge in [-0.05, 0) is 47.6 Å². The predicted molar refractivity (Wildman–Crippen MR) is 62.7 cm³/mol. The summed E-state index contributed by atoms with van der Waals surface area (Å²) in [4.78, 5) is 0. The third kappa shape index (κ3) is 4.18. The highest BCUT2D eigenvalue weighted by Crippen LogP contribution is 2.26. The van der Waals surface area contributed by atoms with Crippen LogP contribution in [0.25, 0.3) is 0 Å². The number of benzene rings is 1. The van der Waals surface area contributed by atoms with Crippen molar-refractivity contribution in [3.8, 4) is 5.75 Å². The molecule has 1 aromatic carbocycles. The van der Waals surface area contributed by atoms with E-state index in [2.05, 4.69) is 21.2 Å². The lowest BCUT2D eigenvalue weighted by Gasteiger charge is -2.15. The Hall–Kier alpha value is -0.610. The van der Waals surface area contributed by atoms with Gasteiger partial charge in [-0.25, -0.2) is 4.39 Å². The highest BCUT2D eigenvalue weighted by molar-refractivity contribution is 9.10. The maximum absolute atomic E-state index is 12.8. The molecule has 1 rings (SSSR count). The van der Waals surface area contributed by atoms with Gasteiger partial charge in [-0.15, -0.1) is 0 Å². The summed E-state index contributed by atoms with van der Waals surface area (Å²) in [5.74, 6) is 0.398. The van der Waals surface area contributed by atoms with Crippen molar-refractivity contribution in [1.29, 1.82) is 0 Å². The molecule has 0 saturated heterocycles. The Kier molecular flexibility index (Phi) is 5.05. The number of hydrogen-bond donors (Lipinski definition) is 1. The average Bonchev–Trinajstić information content (AvgIpc) is 2.19. The van der Waals surface area contributed by atoms with E-state index >= 15 is 0 Å². The van der Waals surface area contributed by atoms with Crippen LogP contribution in [0.2, 0.25) is 0 Å². The van der Waals surface area contributed by atoms with Gasteiger partial charge < -0.3 is 10.1 Å². The van der Waals surface area contributed by atoms with E-state index in [0.29, 0.717) is 10.2 Å². The predicted octanol–water partition coefficient (Wildman–Crippen LogP) is 2.97. The molecular weight excluding hydrogens is 261 g/mol. The number of likely N-dealkylation sites (N-methyl/N-ethyl adjacent to an activating group) is 1. The monoisotopic (exact) mass is 275 g/mol. The van der Waals surface area contributed by atoms with Crippen LogP contribution in [0.4, 0.5) is 4.39 Å². The molecule has 15 heavy (non-hydrogen) atoms. The molecule has 1 aromatic rings. The SMILES string of the molecule is CCNCC(C)Oc1ccc(F)cc1Br. The van der Waals surface area contributed by atoms with Crippen LogP contribution in [-0.4, -0.2) is 19.2 Å². The molecule has 4 heteroatoms. The molecule has 0 spiro atoms. The van der Waals surface area contributed by atoms with Crippen molar-refractivity contribution in [1.82, 2.24) is 5.32 Å². The Morgan fingerprint density at radius 3 is 2.87 bits per heavy atom. The Balaban J connectivity index is 2.56. The Morgan fingerprint density at radius 2 is 2.27 bits per heavy atom. The van der Waals surface area contributed by atoms with Crippen molar-refractivity contribution in [2.45, 2.75) is 20.0 Å². The van der Waals surface area contributed by atoms with Crippen molar-refractivity contribution in [2.24, 2.45) is 0 Å². The second kappa shape index (κ2) is 6.08. The van der Waals surface area contributed by atoms with Gasteiger partial charge >= 0.3 is 0 Å². The summed E-state index contributed by atoms with van der Waals surface area (Å²) >= 11 is 3.26. The molecule has 0 radical (unpaired) electrons. The molecule has 0 amide bonds. The number of rotatable bonds is 5. The number of hydrogen-bond acceptors (Lipinski definition) is 2. The lowest BCUT2D eigenvalue weighted by atomic mass is 10.3. The number of ether oxygens (including phenoxy) is 1. The summed E-state index contributed by atoms with van der Waals surface area (Å²) in [5.41, 5.74) is 0. The Bertz CT molecular complexity index is 319. The van der Waals surface area contributed by atoms with Gasteiger partial charge in [-0.1, -0.05) is 6.92 Å². The molecule has 1 N–H and O–H groups in total. The smallest absolute Gasteiger partial charge is 0.134 e. The fourth-order valence-corrected chi connectivity index (χ4v) is 1.62. The van der Waals surface area contributed by atoms with E-state index in [1.807, 2.05) is 13.8 Å². The van der Waals surface area contributed by atoms with Crippen LogP contribution < -0.4 is 10.1 Å². The highest BCUT2D eigenvalue weighted by Gasteiger charge is 2.07. The molecule has 0 aromatic heterocycles. The van der Waals surface area contributed by atoms with Crippen LogP contribution in [0, 0.1) is 5.82 Å². The maximum Gasteiger partial charge on any atom is 0.134 e. The first kappa shape index (κ1) is 12.5. The summed E-state index contributed by atoms with van der Waals surface area (Å²) in [6, 6.07) is 4.41. The van der Waals surface area contributed by atoms with Gasteiger partial charge in [-0.3, -0.25) is 0 Å². The van der Waals surface area contributed by atoms with Crippen LogP contribution in [0.3, 0.4) is 0 Å². The summed E-state index contributed by atoms with van der Waals surface area (Å²) in [6.07, 6.45) is 0.0618. The van der Waals surface area contributed by atoms with E-state index in [0.717, 1.165) is 13.1 Å². The molecule has 1 unspecified atom stereocenters. The zero-order valence-corrected chi connectivity index (χ0v) is 10.5. The first-order chi connectivity index (χ1) is 7.13. The molecule has 0 aliphatic carbocycles. The van der Waals surface area contributed by atoms with Gasteiger partial charge in [0.05, 0.1) is 4.47 Å². The summed E-state index contributed by atoms with van der Waals surface area (Å²) in [5, 5.41) is 3.18. The minimum Gasteiger partial charge on any atom is -0.488 e. The lowest BCUT2D eigenvalue weighted by molar-refractivity contribution is 0.216. The Morgan fingerprint density at radius 1 is 1.53 bits per heavy atom. The van der Waals surface area contributed by atoms with E-state index in [1.54, 1.807) is 6.07 Å². The Labute approximate surface area is 98.0 Å². The quantitative estimate of drug-likeness (QED) is 0.892. The average molecular weight is 276 g/mol. The largest absolute Gasteiger partial charge is 0.488 e. The standard InChI is InChI=1S/C11H15BrFNO/c1-3-14-7-8(2)15-11-5-4-9(13)6-10(11)12/h4-6,8,14H,3,7H2,1-2H3. The van der Waals surface area contributed by atoms with Crippen LogP contribution in [0.1, 0.15) is 13.8 Å². The molecule has 0 bridgehead atoms. The minimum atomic E-state index is -0.270. The van der Waals surface area contributed by atoms with Gasteiger partial charge in [0.25, 0.3) is 0 Å². The first-order valence-corrected chi connectivity index (χ1v) is 5.75. The van der Waals surface area contributed by atoms with E-state index in [9.17, 15) is 4.39 Å². The molecular formula is C11H15BrFNO. The van der Waals surface area contributed by atoms with E-state index in [1.165, 1.54) is 12.1 Å². The maximum atomic E-state index is 12.8. The fourth-order valence-electron chi connectivity index (χ4n) is 1.18. The van der Waals surface area contributed by atoms with Crippen LogP contribution in [0.5, 0.6) is 5.75 Å². The van der Waals surface area contributed by atoms with E-state index in [4.69, 9.17) is 4.74 Å². The highest BCUT2D eigenvalue weighted by atomic mass is 79.9. The van der Waals surface area contributed by atoms with Crippen molar-refractivity contribution in [2.75, 3.05) is 13.1 Å². The molecule has 0 fully saturated rings. The topological polar surface area (TPSA) is 21.3 Å². The normalized spacial score (nSPS) is 12.5. The molecule has 84 valence electrons. The second-order valence-corrected chi connectivity index (χ2v) is 4.17. The molecule has 0 aliphatic rings. The second-order valence-electron chi connectivity index (χ2n) is 3.31. The summed E-state index contributed by atoms with van der Waals surface area (Å²) < 4.78 is 19.1. The van der Waals surface area contributed by atoms with E-state index in [-0.39, 0.29) is 11.9 Å². The molecule has 0 aliphatic heterocycles. The summed E-state index contributed by atoms with van der Waals surface area (Å²) in [6.45, 7) is 5.71. The third-order valence-corrected chi connectivity index (χ3v) is 2.52. The third-order valence-electron chi connectivity index (χ3n) is 1.90. The molecule has 0 saturated carbocycles. The van der Waals surface area contributed by atoms with Gasteiger partial charge in [-0.2, -0.15) is 0 Å². The van der Waals surface area contributed by atoms with Crippen LogP contribution in [0.15, 0.2) is 22.7 Å². The van der Waals surface area contributed by atoms with E-state index < -0.39 is 0 Å². The van der Waals surface area contributed by atoms with Gasteiger partial charge in [0.15, 0.2) is 0 Å². The van der Waals surface area contributed by atoms with Crippen molar-refractivity contribution < 1.29 is 9.13 Å². The molecule has 2 nitrogen and oxygen atoms in total. The van der Waals surface area contributed by atoms with Crippen molar-refractivity contribution in [3.63, 3.8) is 0 Å².